The molecule has 82 valence electrons. The van der Waals surface area contributed by atoms with Crippen molar-refractivity contribution in [1.82, 2.24) is 4.90 Å². The average Bonchev–Trinajstić information content (AvgIpc) is 2.25. The van der Waals surface area contributed by atoms with E-state index in [1.165, 1.54) is 6.92 Å². The highest BCUT2D eigenvalue weighted by Crippen LogP contribution is 2.16. The molecule has 1 aromatic carbocycles. The van der Waals surface area contributed by atoms with Crippen LogP contribution in [0.4, 0.5) is 0 Å². The van der Waals surface area contributed by atoms with Gasteiger partial charge in [0.15, 0.2) is 5.78 Å². The van der Waals surface area contributed by atoms with Crippen LogP contribution in [0.3, 0.4) is 0 Å². The summed E-state index contributed by atoms with van der Waals surface area (Å²) in [5, 5.41) is 8.68. The van der Waals surface area contributed by atoms with Gasteiger partial charge in [0, 0.05) is 25.9 Å². The minimum atomic E-state index is 0.0124. The van der Waals surface area contributed by atoms with Crippen LogP contribution in [0.1, 0.15) is 18.1 Å². The maximum Gasteiger partial charge on any atom is 0.161 e. The molecule has 16 heavy (non-hydrogen) atoms. The number of carbonyl (C=O) groups is 1. The summed E-state index contributed by atoms with van der Waals surface area (Å²) >= 11 is 0. The first kappa shape index (κ1) is 12.0. The summed E-state index contributed by atoms with van der Waals surface area (Å²) < 4.78 is 0. The van der Waals surface area contributed by atoms with Gasteiger partial charge in [-0.3, -0.25) is 4.79 Å². The Morgan fingerprint density at radius 3 is 2.25 bits per heavy atom. The minimum absolute atomic E-state index is 0.0124. The van der Waals surface area contributed by atoms with Crippen molar-refractivity contribution in [3.05, 3.63) is 41.6 Å². The summed E-state index contributed by atoms with van der Waals surface area (Å²) in [5.41, 5.74) is 2.08. The van der Waals surface area contributed by atoms with Crippen molar-refractivity contribution in [3.63, 3.8) is 0 Å². The largest absolute Gasteiger partial charge is 0.383 e. The molecule has 0 bridgehead atoms. The Kier molecular flexibility index (Phi) is 3.84. The molecule has 3 nitrogen and oxygen atoms in total. The third-order valence-corrected chi connectivity index (χ3v) is 2.09. The monoisotopic (exact) mass is 214 g/mol. The van der Waals surface area contributed by atoms with Crippen molar-refractivity contribution in [2.24, 2.45) is 0 Å². The van der Waals surface area contributed by atoms with E-state index in [-0.39, 0.29) is 5.78 Å². The molecule has 0 N–H and O–H groups in total. The summed E-state index contributed by atoms with van der Waals surface area (Å²) in [6.45, 7) is 1.54. The summed E-state index contributed by atoms with van der Waals surface area (Å²) in [5.74, 6) is 0.0124. The van der Waals surface area contributed by atoms with Crippen molar-refractivity contribution in [2.75, 3.05) is 14.1 Å². The van der Waals surface area contributed by atoms with Crippen LogP contribution in [0, 0.1) is 11.3 Å². The molecule has 0 amide bonds. The Balaban J connectivity index is 3.13. The van der Waals surface area contributed by atoms with Crippen LogP contribution in [-0.4, -0.2) is 24.8 Å². The molecule has 0 saturated heterocycles. The molecule has 0 aromatic heterocycles. The van der Waals surface area contributed by atoms with Crippen LogP contribution in [-0.2, 0) is 4.79 Å². The van der Waals surface area contributed by atoms with E-state index < -0.39 is 0 Å². The van der Waals surface area contributed by atoms with E-state index in [0.717, 1.165) is 5.56 Å². The third kappa shape index (κ3) is 2.96. The molecule has 1 rings (SSSR count). The highest BCUT2D eigenvalue weighted by molar-refractivity contribution is 6.19. The van der Waals surface area contributed by atoms with E-state index in [9.17, 15) is 4.79 Å². The highest BCUT2D eigenvalue weighted by Gasteiger charge is 2.07. The number of hydrogen-bond acceptors (Lipinski definition) is 3. The Morgan fingerprint density at radius 1 is 1.31 bits per heavy atom. The van der Waals surface area contributed by atoms with Gasteiger partial charge in [0.2, 0.25) is 0 Å². The van der Waals surface area contributed by atoms with E-state index in [2.05, 4.69) is 0 Å². The van der Waals surface area contributed by atoms with Crippen LogP contribution >= 0.6 is 0 Å². The van der Waals surface area contributed by atoms with Crippen molar-refractivity contribution >= 4 is 11.4 Å². The summed E-state index contributed by atoms with van der Waals surface area (Å²) in [6, 6.07) is 9.04. The topological polar surface area (TPSA) is 44.1 Å². The first-order chi connectivity index (χ1) is 7.54. The Labute approximate surface area is 95.6 Å². The van der Waals surface area contributed by atoms with Gasteiger partial charge in [0.05, 0.1) is 11.6 Å². The van der Waals surface area contributed by atoms with E-state index in [1.54, 1.807) is 30.5 Å². The Bertz CT molecular complexity index is 450. The zero-order chi connectivity index (χ0) is 12.1. The molecule has 0 spiro atoms. The van der Waals surface area contributed by atoms with E-state index in [0.29, 0.717) is 11.1 Å². The SMILES string of the molecule is CC(=O)/C(=C\N(C)C)c1ccc(C#N)cc1. The van der Waals surface area contributed by atoms with Gasteiger partial charge in [0.1, 0.15) is 0 Å². The molecular weight excluding hydrogens is 200 g/mol. The number of nitriles is 1. The van der Waals surface area contributed by atoms with Gasteiger partial charge < -0.3 is 4.90 Å². The molecular formula is C13H14N2O. The molecule has 0 fully saturated rings. The minimum Gasteiger partial charge on any atom is -0.383 e. The van der Waals surface area contributed by atoms with Crippen molar-refractivity contribution in [3.8, 4) is 6.07 Å². The van der Waals surface area contributed by atoms with Gasteiger partial charge in [-0.1, -0.05) is 12.1 Å². The molecule has 0 aliphatic carbocycles. The maximum atomic E-state index is 11.5. The second-order valence-corrected chi connectivity index (χ2v) is 3.75. The molecule has 0 unspecified atom stereocenters. The lowest BCUT2D eigenvalue weighted by atomic mass is 10.0. The number of carbonyl (C=O) groups excluding carboxylic acids is 1. The summed E-state index contributed by atoms with van der Waals surface area (Å²) in [4.78, 5) is 13.3. The van der Waals surface area contributed by atoms with Gasteiger partial charge >= 0.3 is 0 Å². The van der Waals surface area contributed by atoms with Gasteiger partial charge in [-0.2, -0.15) is 5.26 Å². The zero-order valence-corrected chi connectivity index (χ0v) is 9.69. The van der Waals surface area contributed by atoms with Crippen molar-refractivity contribution < 1.29 is 4.79 Å². The number of ketones is 1. The standard InChI is InChI=1S/C13H14N2O/c1-10(16)13(9-15(2)3)12-6-4-11(8-14)5-7-12/h4-7,9H,1-3H3/b13-9+. The average molecular weight is 214 g/mol. The summed E-state index contributed by atoms with van der Waals surface area (Å²) in [7, 11) is 3.74. The molecule has 0 aliphatic heterocycles. The van der Waals surface area contributed by atoms with E-state index >= 15 is 0 Å². The molecule has 0 saturated carbocycles. The van der Waals surface area contributed by atoms with Crippen molar-refractivity contribution in [1.29, 1.82) is 5.26 Å². The van der Waals surface area contributed by atoms with Crippen LogP contribution in [0.5, 0.6) is 0 Å². The second-order valence-electron chi connectivity index (χ2n) is 3.75. The van der Waals surface area contributed by atoms with E-state index in [1.807, 2.05) is 25.1 Å². The number of Topliss-reactive ketones (excluding diaryl/α,β-unsaturated/α-hetero) is 1. The van der Waals surface area contributed by atoms with Crippen molar-refractivity contribution in [2.45, 2.75) is 6.92 Å². The molecule has 3 heteroatoms. The third-order valence-electron chi connectivity index (χ3n) is 2.09. The number of allylic oxidation sites excluding steroid dienone is 1. The Morgan fingerprint density at radius 2 is 1.88 bits per heavy atom. The number of benzene rings is 1. The second kappa shape index (κ2) is 5.13. The number of hydrogen-bond donors (Lipinski definition) is 0. The van der Waals surface area contributed by atoms with Crippen LogP contribution < -0.4 is 0 Å². The lowest BCUT2D eigenvalue weighted by molar-refractivity contribution is -0.111. The van der Waals surface area contributed by atoms with Crippen LogP contribution in [0.15, 0.2) is 30.5 Å². The van der Waals surface area contributed by atoms with Crippen LogP contribution in [0.25, 0.3) is 5.57 Å². The highest BCUT2D eigenvalue weighted by atomic mass is 16.1. The maximum absolute atomic E-state index is 11.5. The fourth-order valence-corrected chi connectivity index (χ4v) is 1.35. The molecule has 0 aliphatic rings. The van der Waals surface area contributed by atoms with Gasteiger partial charge in [-0.05, 0) is 24.6 Å². The molecule has 0 heterocycles. The Hall–Kier alpha value is -2.08. The molecule has 0 radical (unpaired) electrons. The lowest BCUT2D eigenvalue weighted by Crippen LogP contribution is -2.06. The van der Waals surface area contributed by atoms with Gasteiger partial charge in [-0.15, -0.1) is 0 Å². The predicted octanol–water partition coefficient (Wildman–Crippen LogP) is 2.05. The number of nitrogens with zero attached hydrogens (tertiary/aromatic N) is 2. The lowest BCUT2D eigenvalue weighted by Gasteiger charge is -2.09. The van der Waals surface area contributed by atoms with Gasteiger partial charge in [-0.25, -0.2) is 0 Å². The summed E-state index contributed by atoms with van der Waals surface area (Å²) in [6.07, 6.45) is 1.78. The quantitative estimate of drug-likeness (QED) is 0.723. The first-order valence-electron chi connectivity index (χ1n) is 4.94. The predicted molar refractivity (Wildman–Crippen MR) is 63.5 cm³/mol. The zero-order valence-electron chi connectivity index (χ0n) is 9.69. The van der Waals surface area contributed by atoms with Gasteiger partial charge in [0.25, 0.3) is 0 Å². The molecule has 1 aromatic rings. The smallest absolute Gasteiger partial charge is 0.161 e. The molecule has 0 atom stereocenters. The fourth-order valence-electron chi connectivity index (χ4n) is 1.35. The van der Waals surface area contributed by atoms with Crippen LogP contribution in [0.2, 0.25) is 0 Å². The number of rotatable bonds is 3. The fraction of sp³-hybridized carbons (Fsp3) is 0.231. The van der Waals surface area contributed by atoms with E-state index in [4.69, 9.17) is 5.26 Å². The normalized spacial score (nSPS) is 10.8. The first-order valence-corrected chi connectivity index (χ1v) is 4.94.